The molecule has 1 saturated heterocycles. The molecule has 1 aliphatic rings. The van der Waals surface area contributed by atoms with Crippen LogP contribution < -0.4 is 10.6 Å². The number of anilines is 1. The molecule has 0 aromatic heterocycles. The molecule has 6 nitrogen and oxygen atoms in total. The van der Waals surface area contributed by atoms with Gasteiger partial charge >= 0.3 is 0 Å². The van der Waals surface area contributed by atoms with Crippen LogP contribution in [0.1, 0.15) is 43.4 Å². The predicted octanol–water partition coefficient (Wildman–Crippen LogP) is 3.46. The molecule has 1 fully saturated rings. The van der Waals surface area contributed by atoms with Crippen molar-refractivity contribution in [2.75, 3.05) is 25.0 Å². The van der Waals surface area contributed by atoms with Gasteiger partial charge in [0.1, 0.15) is 0 Å². The van der Waals surface area contributed by atoms with Crippen molar-refractivity contribution < 1.29 is 13.2 Å². The van der Waals surface area contributed by atoms with Gasteiger partial charge < -0.3 is 10.6 Å². The number of benzene rings is 2. The van der Waals surface area contributed by atoms with E-state index in [4.69, 9.17) is 0 Å². The molecule has 0 spiro atoms. The molecule has 0 saturated carbocycles. The summed E-state index contributed by atoms with van der Waals surface area (Å²) in [5.41, 5.74) is 2.46. The van der Waals surface area contributed by atoms with Crippen molar-refractivity contribution >= 4 is 21.6 Å². The van der Waals surface area contributed by atoms with Crippen LogP contribution in [0.3, 0.4) is 0 Å². The number of nitrogens with one attached hydrogen (secondary N) is 2. The first kappa shape index (κ1) is 21.5. The zero-order valence-electron chi connectivity index (χ0n) is 17.0. The van der Waals surface area contributed by atoms with Crippen LogP contribution in [0.15, 0.2) is 53.4 Å². The Kier molecular flexibility index (Phi) is 7.05. The van der Waals surface area contributed by atoms with Gasteiger partial charge in [-0.05, 0) is 49.9 Å². The number of amides is 1. The SMILES string of the molecule is Cc1ccc(S(=O)(=O)N2CCCCC2)cc1NC(=O)CN[C@H](C)c1ccccc1. The van der Waals surface area contributed by atoms with E-state index in [9.17, 15) is 13.2 Å². The van der Waals surface area contributed by atoms with Crippen LogP contribution in [0.2, 0.25) is 0 Å². The fourth-order valence-electron chi connectivity index (χ4n) is 3.45. The largest absolute Gasteiger partial charge is 0.325 e. The maximum Gasteiger partial charge on any atom is 0.243 e. The van der Waals surface area contributed by atoms with Crippen molar-refractivity contribution in [3.63, 3.8) is 0 Å². The van der Waals surface area contributed by atoms with Crippen LogP contribution >= 0.6 is 0 Å². The minimum Gasteiger partial charge on any atom is -0.325 e. The molecule has 0 unspecified atom stereocenters. The number of hydrogen-bond acceptors (Lipinski definition) is 4. The highest BCUT2D eigenvalue weighted by Gasteiger charge is 2.26. The fraction of sp³-hybridized carbons (Fsp3) is 0.409. The minimum absolute atomic E-state index is 0.0360. The molecule has 1 aliphatic heterocycles. The standard InChI is InChI=1S/C22H29N3O3S/c1-17-11-12-20(29(27,28)25-13-7-4-8-14-25)15-21(17)24-22(26)16-23-18(2)19-9-5-3-6-10-19/h3,5-6,9-12,15,18,23H,4,7-8,13-14,16H2,1-2H3,(H,24,26)/t18-/m1/s1. The van der Waals surface area contributed by atoms with E-state index in [-0.39, 0.29) is 23.4 Å². The Labute approximate surface area is 173 Å². The van der Waals surface area contributed by atoms with Gasteiger partial charge in [-0.1, -0.05) is 42.8 Å². The lowest BCUT2D eigenvalue weighted by atomic mass is 10.1. The van der Waals surface area contributed by atoms with Gasteiger partial charge in [-0.2, -0.15) is 4.31 Å². The molecular formula is C22H29N3O3S. The highest BCUT2D eigenvalue weighted by Crippen LogP contribution is 2.25. The van der Waals surface area contributed by atoms with E-state index < -0.39 is 10.0 Å². The Bertz CT molecular complexity index is 939. The number of carbonyl (C=O) groups is 1. The summed E-state index contributed by atoms with van der Waals surface area (Å²) >= 11 is 0. The summed E-state index contributed by atoms with van der Waals surface area (Å²) < 4.78 is 27.4. The molecule has 0 radical (unpaired) electrons. The third-order valence-electron chi connectivity index (χ3n) is 5.30. The highest BCUT2D eigenvalue weighted by molar-refractivity contribution is 7.89. The number of hydrogen-bond donors (Lipinski definition) is 2. The van der Waals surface area contributed by atoms with E-state index in [1.54, 1.807) is 18.2 Å². The van der Waals surface area contributed by atoms with Crippen LogP contribution in [0, 0.1) is 6.92 Å². The zero-order chi connectivity index (χ0) is 20.9. The zero-order valence-corrected chi connectivity index (χ0v) is 17.8. The molecule has 7 heteroatoms. The maximum absolute atomic E-state index is 12.9. The van der Waals surface area contributed by atoms with E-state index in [1.807, 2.05) is 44.2 Å². The molecule has 2 aromatic carbocycles. The Morgan fingerprint density at radius 2 is 1.76 bits per heavy atom. The molecule has 1 heterocycles. The average molecular weight is 416 g/mol. The summed E-state index contributed by atoms with van der Waals surface area (Å²) in [6, 6.07) is 14.9. The van der Waals surface area contributed by atoms with E-state index in [0.29, 0.717) is 18.8 Å². The van der Waals surface area contributed by atoms with Gasteiger partial charge in [-0.15, -0.1) is 0 Å². The fourth-order valence-corrected chi connectivity index (χ4v) is 4.99. The van der Waals surface area contributed by atoms with Gasteiger partial charge in [-0.3, -0.25) is 4.79 Å². The van der Waals surface area contributed by atoms with E-state index in [2.05, 4.69) is 10.6 Å². The van der Waals surface area contributed by atoms with Crippen molar-refractivity contribution in [3.05, 3.63) is 59.7 Å². The Hall–Kier alpha value is -2.22. The summed E-state index contributed by atoms with van der Waals surface area (Å²) in [5, 5.41) is 6.04. The third kappa shape index (κ3) is 5.44. The van der Waals surface area contributed by atoms with Crippen LogP contribution in [-0.4, -0.2) is 38.3 Å². The number of nitrogens with zero attached hydrogens (tertiary/aromatic N) is 1. The lowest BCUT2D eigenvalue weighted by Crippen LogP contribution is -2.35. The summed E-state index contributed by atoms with van der Waals surface area (Å²) in [5.74, 6) is -0.205. The van der Waals surface area contributed by atoms with Crippen molar-refractivity contribution in [2.24, 2.45) is 0 Å². The van der Waals surface area contributed by atoms with Crippen LogP contribution in [0.5, 0.6) is 0 Å². The Morgan fingerprint density at radius 3 is 2.45 bits per heavy atom. The lowest BCUT2D eigenvalue weighted by molar-refractivity contribution is -0.115. The number of carbonyl (C=O) groups excluding carboxylic acids is 1. The summed E-state index contributed by atoms with van der Waals surface area (Å²) in [4.78, 5) is 12.7. The number of piperidine rings is 1. The average Bonchev–Trinajstić information content (AvgIpc) is 2.74. The summed E-state index contributed by atoms with van der Waals surface area (Å²) in [6.45, 7) is 5.10. The van der Waals surface area contributed by atoms with E-state index in [1.165, 1.54) is 4.31 Å². The monoisotopic (exact) mass is 415 g/mol. The van der Waals surface area contributed by atoms with Crippen LogP contribution in [0.25, 0.3) is 0 Å². The predicted molar refractivity (Wildman–Crippen MR) is 115 cm³/mol. The third-order valence-corrected chi connectivity index (χ3v) is 7.20. The molecule has 0 aliphatic carbocycles. The summed E-state index contributed by atoms with van der Waals surface area (Å²) in [7, 11) is -3.53. The summed E-state index contributed by atoms with van der Waals surface area (Å²) in [6.07, 6.45) is 2.84. The second-order valence-corrected chi connectivity index (χ2v) is 9.44. The van der Waals surface area contributed by atoms with Gasteiger partial charge in [0.2, 0.25) is 15.9 Å². The number of rotatable bonds is 7. The normalized spacial score (nSPS) is 16.3. The van der Waals surface area contributed by atoms with Crippen molar-refractivity contribution in [2.45, 2.75) is 44.0 Å². The molecule has 1 amide bonds. The van der Waals surface area contributed by atoms with Crippen LogP contribution in [-0.2, 0) is 14.8 Å². The van der Waals surface area contributed by atoms with Crippen molar-refractivity contribution in [1.29, 1.82) is 0 Å². The molecule has 156 valence electrons. The second-order valence-electron chi connectivity index (χ2n) is 7.50. The lowest BCUT2D eigenvalue weighted by Gasteiger charge is -2.26. The van der Waals surface area contributed by atoms with Gasteiger partial charge in [0.15, 0.2) is 0 Å². The Morgan fingerprint density at radius 1 is 1.07 bits per heavy atom. The maximum atomic E-state index is 12.9. The number of aryl methyl sites for hydroxylation is 1. The topological polar surface area (TPSA) is 78.5 Å². The smallest absolute Gasteiger partial charge is 0.243 e. The van der Waals surface area contributed by atoms with E-state index in [0.717, 1.165) is 30.4 Å². The first-order valence-corrected chi connectivity index (χ1v) is 11.5. The van der Waals surface area contributed by atoms with Crippen molar-refractivity contribution in [1.82, 2.24) is 9.62 Å². The molecule has 2 N–H and O–H groups in total. The number of sulfonamides is 1. The first-order valence-electron chi connectivity index (χ1n) is 10.1. The van der Waals surface area contributed by atoms with Crippen LogP contribution in [0.4, 0.5) is 5.69 Å². The van der Waals surface area contributed by atoms with Gasteiger partial charge in [-0.25, -0.2) is 8.42 Å². The highest BCUT2D eigenvalue weighted by atomic mass is 32.2. The molecule has 29 heavy (non-hydrogen) atoms. The Balaban J connectivity index is 1.66. The van der Waals surface area contributed by atoms with Crippen molar-refractivity contribution in [3.8, 4) is 0 Å². The molecule has 2 aromatic rings. The molecule has 3 rings (SSSR count). The van der Waals surface area contributed by atoms with E-state index >= 15 is 0 Å². The molecule has 1 atom stereocenters. The van der Waals surface area contributed by atoms with Gasteiger partial charge in [0.25, 0.3) is 0 Å². The van der Waals surface area contributed by atoms with Gasteiger partial charge in [0, 0.05) is 24.8 Å². The minimum atomic E-state index is -3.53. The molecular weight excluding hydrogens is 386 g/mol. The second kappa shape index (κ2) is 9.52. The van der Waals surface area contributed by atoms with Gasteiger partial charge in [0.05, 0.1) is 11.4 Å². The molecule has 0 bridgehead atoms. The quantitative estimate of drug-likeness (QED) is 0.726. The first-order chi connectivity index (χ1) is 13.9.